The van der Waals surface area contributed by atoms with Crippen molar-refractivity contribution < 1.29 is 19.1 Å². The molecular formula is C20H17Cl2N5O4. The van der Waals surface area contributed by atoms with Crippen LogP contribution < -0.4 is 20.1 Å². The van der Waals surface area contributed by atoms with E-state index in [1.807, 2.05) is 0 Å². The van der Waals surface area contributed by atoms with E-state index in [2.05, 4.69) is 20.7 Å². The van der Waals surface area contributed by atoms with Crippen molar-refractivity contribution >= 4 is 46.7 Å². The van der Waals surface area contributed by atoms with Crippen LogP contribution in [0.25, 0.3) is 0 Å². The molecular weight excluding hydrogens is 445 g/mol. The number of methoxy groups -OCH3 is 1. The van der Waals surface area contributed by atoms with Crippen molar-refractivity contribution in [1.29, 1.82) is 0 Å². The van der Waals surface area contributed by atoms with E-state index >= 15 is 0 Å². The summed E-state index contributed by atoms with van der Waals surface area (Å²) in [5, 5.41) is 10.3. The van der Waals surface area contributed by atoms with E-state index in [-0.39, 0.29) is 25.0 Å². The number of ether oxygens (including phenoxy) is 2. The molecule has 0 saturated carbocycles. The average Bonchev–Trinajstić information content (AvgIpc) is 3.22. The molecule has 31 heavy (non-hydrogen) atoms. The van der Waals surface area contributed by atoms with Gasteiger partial charge < -0.3 is 14.8 Å². The molecule has 2 heterocycles. The van der Waals surface area contributed by atoms with Gasteiger partial charge in [0.2, 0.25) is 11.9 Å². The Morgan fingerprint density at radius 3 is 2.87 bits per heavy atom. The van der Waals surface area contributed by atoms with Gasteiger partial charge in [-0.05, 0) is 35.9 Å². The number of fused-ring (bicyclic) bond motifs is 1. The maximum atomic E-state index is 12.2. The number of halogens is 2. The summed E-state index contributed by atoms with van der Waals surface area (Å²) in [4.78, 5) is 28.3. The van der Waals surface area contributed by atoms with Crippen LogP contribution in [0.5, 0.6) is 11.5 Å². The van der Waals surface area contributed by atoms with Gasteiger partial charge in [0, 0.05) is 5.02 Å². The van der Waals surface area contributed by atoms with E-state index in [0.29, 0.717) is 33.2 Å². The van der Waals surface area contributed by atoms with E-state index < -0.39 is 5.91 Å². The lowest BCUT2D eigenvalue weighted by molar-refractivity contribution is -0.118. The summed E-state index contributed by atoms with van der Waals surface area (Å²) in [5.74, 6) is 0.636. The molecule has 0 spiro atoms. The Balaban J connectivity index is 1.47. The Bertz CT molecular complexity index is 1150. The SMILES string of the molecule is COc1cc([C@H]2CC(=O)Nc3ncnn32)ccc1OCC(=O)Nc1ccc(Cl)cc1Cl. The molecule has 160 valence electrons. The number of hydrogen-bond acceptors (Lipinski definition) is 6. The summed E-state index contributed by atoms with van der Waals surface area (Å²) in [6.07, 6.45) is 1.60. The van der Waals surface area contributed by atoms with Gasteiger partial charge in [0.1, 0.15) is 6.33 Å². The largest absolute Gasteiger partial charge is 0.493 e. The molecule has 0 fully saturated rings. The van der Waals surface area contributed by atoms with Gasteiger partial charge >= 0.3 is 0 Å². The molecule has 9 nitrogen and oxygen atoms in total. The molecule has 1 aromatic heterocycles. The summed E-state index contributed by atoms with van der Waals surface area (Å²) in [5.41, 5.74) is 1.23. The van der Waals surface area contributed by atoms with Gasteiger partial charge in [0.15, 0.2) is 18.1 Å². The smallest absolute Gasteiger partial charge is 0.262 e. The molecule has 1 aliphatic rings. The van der Waals surface area contributed by atoms with Crippen LogP contribution in [0, 0.1) is 0 Å². The second kappa shape index (κ2) is 8.83. The van der Waals surface area contributed by atoms with Gasteiger partial charge in [0.25, 0.3) is 5.91 Å². The zero-order valence-electron chi connectivity index (χ0n) is 16.3. The van der Waals surface area contributed by atoms with Gasteiger partial charge in [-0.1, -0.05) is 29.3 Å². The molecule has 2 amide bonds. The third kappa shape index (κ3) is 4.57. The number of aromatic nitrogens is 3. The molecule has 11 heteroatoms. The van der Waals surface area contributed by atoms with E-state index in [1.165, 1.54) is 19.5 Å². The molecule has 0 saturated heterocycles. The first kappa shape index (κ1) is 21.0. The average molecular weight is 462 g/mol. The molecule has 3 aromatic rings. The molecule has 1 atom stereocenters. The fourth-order valence-electron chi connectivity index (χ4n) is 3.20. The van der Waals surface area contributed by atoms with Crippen LogP contribution in [0.1, 0.15) is 18.0 Å². The van der Waals surface area contributed by atoms with Gasteiger partial charge in [-0.15, -0.1) is 0 Å². The highest BCUT2D eigenvalue weighted by Crippen LogP contribution is 2.35. The third-order valence-electron chi connectivity index (χ3n) is 4.63. The van der Waals surface area contributed by atoms with E-state index in [1.54, 1.807) is 35.0 Å². The highest BCUT2D eigenvalue weighted by molar-refractivity contribution is 6.36. The lowest BCUT2D eigenvalue weighted by Gasteiger charge is -2.24. The van der Waals surface area contributed by atoms with Crippen LogP contribution in [-0.2, 0) is 9.59 Å². The predicted molar refractivity (Wildman–Crippen MR) is 115 cm³/mol. The highest BCUT2D eigenvalue weighted by atomic mass is 35.5. The van der Waals surface area contributed by atoms with Crippen LogP contribution in [0.2, 0.25) is 10.0 Å². The van der Waals surface area contributed by atoms with Crippen molar-refractivity contribution in [2.75, 3.05) is 24.4 Å². The molecule has 0 unspecified atom stereocenters. The standard InChI is InChI=1S/C20H17Cl2N5O4/c1-30-17-6-11(15-8-18(28)26-20-23-10-24-27(15)20)2-5-16(17)31-9-19(29)25-14-4-3-12(21)7-13(14)22/h2-7,10,15H,8-9H2,1H3,(H,25,29)(H,23,24,26,28)/t15-/m1/s1. The number of benzene rings is 2. The van der Waals surface area contributed by atoms with Crippen molar-refractivity contribution in [3.05, 3.63) is 58.3 Å². The molecule has 0 aliphatic carbocycles. The Labute approximate surface area is 187 Å². The molecule has 1 aliphatic heterocycles. The van der Waals surface area contributed by atoms with Crippen LogP contribution in [-0.4, -0.2) is 40.3 Å². The Morgan fingerprint density at radius 1 is 1.26 bits per heavy atom. The number of hydrogen-bond donors (Lipinski definition) is 2. The van der Waals surface area contributed by atoms with E-state index in [0.717, 1.165) is 5.56 Å². The molecule has 4 rings (SSSR count). The van der Waals surface area contributed by atoms with Crippen molar-refractivity contribution in [3.63, 3.8) is 0 Å². The van der Waals surface area contributed by atoms with E-state index in [9.17, 15) is 9.59 Å². The molecule has 2 N–H and O–H groups in total. The van der Waals surface area contributed by atoms with Crippen LogP contribution in [0.3, 0.4) is 0 Å². The number of anilines is 2. The van der Waals surface area contributed by atoms with Crippen LogP contribution >= 0.6 is 23.2 Å². The summed E-state index contributed by atoms with van der Waals surface area (Å²) >= 11 is 11.9. The Kier molecular flexibility index (Phi) is 5.97. The normalized spacial score (nSPS) is 15.1. The molecule has 0 radical (unpaired) electrons. The predicted octanol–water partition coefficient (Wildman–Crippen LogP) is 3.54. The number of nitrogens with zero attached hydrogens (tertiary/aromatic N) is 3. The zero-order valence-corrected chi connectivity index (χ0v) is 17.8. The minimum Gasteiger partial charge on any atom is -0.493 e. The molecule has 0 bridgehead atoms. The second-order valence-corrected chi connectivity index (χ2v) is 7.51. The zero-order chi connectivity index (χ0) is 22.0. The van der Waals surface area contributed by atoms with Crippen LogP contribution in [0.4, 0.5) is 11.6 Å². The topological polar surface area (TPSA) is 107 Å². The number of carbonyl (C=O) groups excluding carboxylic acids is 2. The summed E-state index contributed by atoms with van der Waals surface area (Å²) < 4.78 is 12.7. The van der Waals surface area contributed by atoms with Gasteiger partial charge in [-0.3, -0.25) is 14.9 Å². The first-order valence-electron chi connectivity index (χ1n) is 9.19. The van der Waals surface area contributed by atoms with Gasteiger partial charge in [0.05, 0.1) is 30.3 Å². The van der Waals surface area contributed by atoms with Crippen molar-refractivity contribution in [2.24, 2.45) is 0 Å². The number of amides is 2. The minimum atomic E-state index is -0.397. The maximum absolute atomic E-state index is 12.2. The van der Waals surface area contributed by atoms with E-state index in [4.69, 9.17) is 32.7 Å². The van der Waals surface area contributed by atoms with Crippen LogP contribution in [0.15, 0.2) is 42.7 Å². The maximum Gasteiger partial charge on any atom is 0.262 e. The Hall–Kier alpha value is -3.30. The van der Waals surface area contributed by atoms with Gasteiger partial charge in [-0.25, -0.2) is 4.68 Å². The number of nitrogens with one attached hydrogen (secondary N) is 2. The number of carbonyl (C=O) groups is 2. The number of rotatable bonds is 6. The third-order valence-corrected chi connectivity index (χ3v) is 5.18. The lowest BCUT2D eigenvalue weighted by Crippen LogP contribution is -2.29. The molecule has 2 aromatic carbocycles. The first-order valence-corrected chi connectivity index (χ1v) is 9.95. The first-order chi connectivity index (χ1) is 14.9. The van der Waals surface area contributed by atoms with Crippen molar-refractivity contribution in [1.82, 2.24) is 14.8 Å². The fourth-order valence-corrected chi connectivity index (χ4v) is 3.65. The second-order valence-electron chi connectivity index (χ2n) is 6.67. The Morgan fingerprint density at radius 2 is 2.10 bits per heavy atom. The lowest BCUT2D eigenvalue weighted by atomic mass is 10.0. The fraction of sp³-hybridized carbons (Fsp3) is 0.200. The summed E-state index contributed by atoms with van der Waals surface area (Å²) in [6, 6.07) is 9.66. The minimum absolute atomic E-state index is 0.151. The quantitative estimate of drug-likeness (QED) is 0.581. The summed E-state index contributed by atoms with van der Waals surface area (Å²) in [6.45, 7) is -0.256. The van der Waals surface area contributed by atoms with Gasteiger partial charge in [-0.2, -0.15) is 10.1 Å². The van der Waals surface area contributed by atoms with Crippen molar-refractivity contribution in [2.45, 2.75) is 12.5 Å². The summed E-state index contributed by atoms with van der Waals surface area (Å²) in [7, 11) is 1.49. The van der Waals surface area contributed by atoms with Crippen molar-refractivity contribution in [3.8, 4) is 11.5 Å². The monoisotopic (exact) mass is 461 g/mol. The highest BCUT2D eigenvalue weighted by Gasteiger charge is 2.28.